The highest BCUT2D eigenvalue weighted by molar-refractivity contribution is 5.89. The van der Waals surface area contributed by atoms with Crippen LogP contribution in [0.1, 0.15) is 27.0 Å². The Hall–Kier alpha value is -3.58. The van der Waals surface area contributed by atoms with Crippen LogP contribution in [-0.4, -0.2) is 5.97 Å². The average Bonchev–Trinajstić information content (AvgIpc) is 2.72. The Labute approximate surface area is 152 Å². The van der Waals surface area contributed by atoms with Gasteiger partial charge in [-0.05, 0) is 35.9 Å². The van der Waals surface area contributed by atoms with Crippen LogP contribution in [0.5, 0.6) is 5.75 Å². The summed E-state index contributed by atoms with van der Waals surface area (Å²) in [5.41, 5.74) is 2.70. The second-order valence-electron chi connectivity index (χ2n) is 5.64. The summed E-state index contributed by atoms with van der Waals surface area (Å²) in [4.78, 5) is 12.2. The molecule has 4 nitrogen and oxygen atoms in total. The van der Waals surface area contributed by atoms with Crippen LogP contribution >= 0.6 is 0 Å². The van der Waals surface area contributed by atoms with Gasteiger partial charge in [0.2, 0.25) is 0 Å². The van der Waals surface area contributed by atoms with E-state index in [4.69, 9.17) is 14.7 Å². The molecule has 0 saturated carbocycles. The minimum atomic E-state index is -0.438. The van der Waals surface area contributed by atoms with Crippen molar-refractivity contribution in [3.63, 3.8) is 0 Å². The van der Waals surface area contributed by atoms with Crippen molar-refractivity contribution in [2.75, 3.05) is 0 Å². The van der Waals surface area contributed by atoms with Crippen molar-refractivity contribution < 1.29 is 14.3 Å². The third-order valence-electron chi connectivity index (χ3n) is 3.83. The van der Waals surface area contributed by atoms with Crippen molar-refractivity contribution >= 4 is 5.97 Å². The van der Waals surface area contributed by atoms with E-state index >= 15 is 0 Å². The Morgan fingerprint density at radius 2 is 1.54 bits per heavy atom. The second kappa shape index (κ2) is 8.50. The summed E-state index contributed by atoms with van der Waals surface area (Å²) in [6.07, 6.45) is 0. The summed E-state index contributed by atoms with van der Waals surface area (Å²) in [7, 11) is 0. The van der Waals surface area contributed by atoms with E-state index in [0.717, 1.165) is 5.56 Å². The normalized spacial score (nSPS) is 9.96. The molecule has 0 amide bonds. The molecule has 3 rings (SSSR count). The molecule has 0 aliphatic rings. The lowest BCUT2D eigenvalue weighted by Gasteiger charge is -2.08. The van der Waals surface area contributed by atoms with Crippen LogP contribution in [0, 0.1) is 11.3 Å². The van der Waals surface area contributed by atoms with E-state index in [2.05, 4.69) is 6.07 Å². The van der Waals surface area contributed by atoms with Gasteiger partial charge in [0.05, 0.1) is 17.2 Å². The van der Waals surface area contributed by atoms with E-state index in [1.54, 1.807) is 42.5 Å². The predicted octanol–water partition coefficient (Wildman–Crippen LogP) is 4.49. The largest absolute Gasteiger partial charge is 0.489 e. The zero-order valence-corrected chi connectivity index (χ0v) is 14.1. The highest BCUT2D eigenvalue weighted by Gasteiger charge is 2.09. The van der Waals surface area contributed by atoms with Crippen LogP contribution in [0.4, 0.5) is 0 Å². The Bertz CT molecular complexity index is 912. The molecule has 26 heavy (non-hydrogen) atoms. The van der Waals surface area contributed by atoms with E-state index in [9.17, 15) is 4.79 Å². The monoisotopic (exact) mass is 343 g/mol. The summed E-state index contributed by atoms with van der Waals surface area (Å²) in [6.45, 7) is 0.532. The zero-order valence-electron chi connectivity index (χ0n) is 14.1. The van der Waals surface area contributed by atoms with Crippen molar-refractivity contribution in [1.29, 1.82) is 5.26 Å². The number of nitrogens with zero attached hydrogens (tertiary/aromatic N) is 1. The molecule has 3 aromatic carbocycles. The molecule has 0 spiro atoms. The van der Waals surface area contributed by atoms with Crippen molar-refractivity contribution in [2.24, 2.45) is 0 Å². The highest BCUT2D eigenvalue weighted by Crippen LogP contribution is 2.16. The van der Waals surface area contributed by atoms with E-state index in [1.165, 1.54) is 0 Å². The molecule has 0 aliphatic heterocycles. The fourth-order valence-electron chi connectivity index (χ4n) is 2.41. The van der Waals surface area contributed by atoms with Gasteiger partial charge in [0, 0.05) is 5.56 Å². The van der Waals surface area contributed by atoms with Crippen molar-refractivity contribution in [3.05, 3.63) is 101 Å². The lowest BCUT2D eigenvalue weighted by molar-refractivity contribution is 0.0472. The Kier molecular flexibility index (Phi) is 5.64. The number of carbonyl (C=O) groups excluding carboxylic acids is 1. The van der Waals surface area contributed by atoms with Crippen LogP contribution in [0.3, 0.4) is 0 Å². The number of carbonyl (C=O) groups is 1. The van der Waals surface area contributed by atoms with Crippen LogP contribution in [0.2, 0.25) is 0 Å². The lowest BCUT2D eigenvalue weighted by atomic mass is 10.1. The van der Waals surface area contributed by atoms with Gasteiger partial charge in [0.25, 0.3) is 0 Å². The fourth-order valence-corrected chi connectivity index (χ4v) is 2.41. The topological polar surface area (TPSA) is 59.3 Å². The third-order valence-corrected chi connectivity index (χ3v) is 3.83. The van der Waals surface area contributed by atoms with Crippen LogP contribution < -0.4 is 4.74 Å². The molecule has 0 atom stereocenters. The number of ether oxygens (including phenoxy) is 2. The first-order chi connectivity index (χ1) is 12.8. The number of hydrogen-bond donors (Lipinski definition) is 0. The molecule has 0 aromatic heterocycles. The quantitative estimate of drug-likeness (QED) is 0.619. The number of nitriles is 1. The van der Waals surface area contributed by atoms with Gasteiger partial charge in [-0.2, -0.15) is 5.26 Å². The number of benzene rings is 3. The lowest BCUT2D eigenvalue weighted by Crippen LogP contribution is -2.06. The van der Waals surface area contributed by atoms with E-state index in [0.29, 0.717) is 29.0 Å². The summed E-state index contributed by atoms with van der Waals surface area (Å²) in [5.74, 6) is 0.243. The van der Waals surface area contributed by atoms with Gasteiger partial charge in [-0.25, -0.2) is 4.79 Å². The summed E-state index contributed by atoms with van der Waals surface area (Å²) < 4.78 is 11.0. The molecule has 0 heterocycles. The Morgan fingerprint density at radius 1 is 0.846 bits per heavy atom. The number of esters is 1. The average molecular weight is 343 g/mol. The molecule has 128 valence electrons. The van der Waals surface area contributed by atoms with Gasteiger partial charge < -0.3 is 9.47 Å². The molecule has 4 heteroatoms. The van der Waals surface area contributed by atoms with Crippen LogP contribution in [0.15, 0.2) is 78.9 Å². The van der Waals surface area contributed by atoms with E-state index < -0.39 is 5.97 Å². The molecule has 0 fully saturated rings. The second-order valence-corrected chi connectivity index (χ2v) is 5.64. The van der Waals surface area contributed by atoms with E-state index in [1.807, 2.05) is 36.4 Å². The first-order valence-corrected chi connectivity index (χ1v) is 8.18. The first kappa shape index (κ1) is 17.2. The molecule has 0 radical (unpaired) electrons. The maximum Gasteiger partial charge on any atom is 0.338 e. The fraction of sp³-hybridized carbons (Fsp3) is 0.0909. The number of hydrogen-bond acceptors (Lipinski definition) is 4. The van der Waals surface area contributed by atoms with Gasteiger partial charge in [0.15, 0.2) is 0 Å². The van der Waals surface area contributed by atoms with Crippen molar-refractivity contribution in [2.45, 2.75) is 13.2 Å². The SMILES string of the molecule is N#Cc1ccccc1COC(=O)c1ccc(OCc2ccccc2)cc1. The molecule has 0 saturated heterocycles. The highest BCUT2D eigenvalue weighted by atomic mass is 16.5. The van der Waals surface area contributed by atoms with Crippen molar-refractivity contribution in [1.82, 2.24) is 0 Å². The minimum absolute atomic E-state index is 0.0643. The first-order valence-electron chi connectivity index (χ1n) is 8.18. The number of rotatable bonds is 6. The Morgan fingerprint density at radius 3 is 2.27 bits per heavy atom. The molecular weight excluding hydrogens is 326 g/mol. The molecule has 0 bridgehead atoms. The van der Waals surface area contributed by atoms with Crippen LogP contribution in [0.25, 0.3) is 0 Å². The Balaban J connectivity index is 1.56. The molecule has 0 N–H and O–H groups in total. The maximum atomic E-state index is 12.2. The minimum Gasteiger partial charge on any atom is -0.489 e. The van der Waals surface area contributed by atoms with Gasteiger partial charge in [-0.15, -0.1) is 0 Å². The van der Waals surface area contributed by atoms with Gasteiger partial charge in [0.1, 0.15) is 19.0 Å². The standard InChI is InChI=1S/C22H17NO3/c23-14-19-8-4-5-9-20(19)16-26-22(24)18-10-12-21(13-11-18)25-15-17-6-2-1-3-7-17/h1-13H,15-16H2. The van der Waals surface area contributed by atoms with Gasteiger partial charge in [-0.1, -0.05) is 48.5 Å². The molecular formula is C22H17NO3. The summed E-state index contributed by atoms with van der Waals surface area (Å²) >= 11 is 0. The zero-order chi connectivity index (χ0) is 18.2. The molecule has 0 unspecified atom stereocenters. The third kappa shape index (κ3) is 4.49. The predicted molar refractivity (Wildman–Crippen MR) is 97.5 cm³/mol. The molecule has 3 aromatic rings. The maximum absolute atomic E-state index is 12.2. The van der Waals surface area contributed by atoms with Gasteiger partial charge in [-0.3, -0.25) is 0 Å². The summed E-state index contributed by atoms with van der Waals surface area (Å²) in [5, 5.41) is 9.06. The van der Waals surface area contributed by atoms with Gasteiger partial charge >= 0.3 is 5.97 Å². The smallest absolute Gasteiger partial charge is 0.338 e. The van der Waals surface area contributed by atoms with E-state index in [-0.39, 0.29) is 6.61 Å². The molecule has 0 aliphatic carbocycles. The van der Waals surface area contributed by atoms with Crippen LogP contribution in [-0.2, 0) is 18.0 Å². The summed E-state index contributed by atoms with van der Waals surface area (Å²) in [6, 6.07) is 25.8. The van der Waals surface area contributed by atoms with Crippen molar-refractivity contribution in [3.8, 4) is 11.8 Å².